The molecule has 3 aromatic carbocycles. The van der Waals surface area contributed by atoms with Crippen LogP contribution in [0.3, 0.4) is 0 Å². The monoisotopic (exact) mass is 802 g/mol. The van der Waals surface area contributed by atoms with E-state index in [2.05, 4.69) is 45.9 Å². The van der Waals surface area contributed by atoms with Crippen LogP contribution in [0.2, 0.25) is 0 Å². The number of unbranched alkanes of at least 4 members (excludes halogenated alkanes) is 2. The molecule has 304 valence electrons. The Morgan fingerprint density at radius 2 is 1.71 bits per heavy atom. The van der Waals surface area contributed by atoms with Crippen molar-refractivity contribution in [1.29, 1.82) is 0 Å². The van der Waals surface area contributed by atoms with Crippen LogP contribution in [0.4, 0.5) is 15.8 Å². The summed E-state index contributed by atoms with van der Waals surface area (Å²) in [6, 6.07) is 16.6. The first-order chi connectivity index (χ1) is 28.7. The quantitative estimate of drug-likeness (QED) is 0.0940. The summed E-state index contributed by atoms with van der Waals surface area (Å²) >= 11 is 0. The van der Waals surface area contributed by atoms with Crippen LogP contribution in [-0.4, -0.2) is 118 Å². The standard InChI is InChI=1S/C42H43FN10O6/c1-59-33-7-5-6-30(43)36(33)39-46-23-31-38(48-39)37(50-49-31)25-8-11-27(12-9-25)52-20-18-51(19-21-52)24-35(55)45-17-4-2-3-16-44-26-10-13-28-29(22-26)42(58)53(41(28)57)32-14-15-34(54)47-40(32)56/h5-13,22-23,32,44H,2-4,14-21,24H2,1H3,(H,45,55)(H,49,50)(H,47,54,56). The second-order valence-electron chi connectivity index (χ2n) is 14.7. The van der Waals surface area contributed by atoms with E-state index in [4.69, 9.17) is 4.74 Å². The average molecular weight is 803 g/mol. The number of aromatic nitrogens is 4. The topological polar surface area (TPSA) is 195 Å². The molecular weight excluding hydrogens is 760 g/mol. The van der Waals surface area contributed by atoms with Crippen LogP contribution >= 0.6 is 0 Å². The van der Waals surface area contributed by atoms with E-state index in [1.165, 1.54) is 13.2 Å². The molecule has 2 saturated heterocycles. The van der Waals surface area contributed by atoms with E-state index in [9.17, 15) is 28.4 Å². The summed E-state index contributed by atoms with van der Waals surface area (Å²) in [6.07, 6.45) is 4.31. The molecule has 1 unspecified atom stereocenters. The first-order valence-corrected chi connectivity index (χ1v) is 19.7. The Bertz CT molecular complexity index is 2430. The molecular formula is C42H43FN10O6. The van der Waals surface area contributed by atoms with Gasteiger partial charge < -0.3 is 20.3 Å². The lowest BCUT2D eigenvalue weighted by Crippen LogP contribution is -2.54. The van der Waals surface area contributed by atoms with Gasteiger partial charge in [0.15, 0.2) is 5.82 Å². The highest BCUT2D eigenvalue weighted by Gasteiger charge is 2.44. The van der Waals surface area contributed by atoms with Gasteiger partial charge in [-0.15, -0.1) is 0 Å². The Kier molecular flexibility index (Phi) is 11.3. The molecule has 0 radical (unpaired) electrons. The summed E-state index contributed by atoms with van der Waals surface area (Å²) in [5, 5.41) is 16.0. The zero-order chi connectivity index (χ0) is 41.0. The average Bonchev–Trinajstić information content (AvgIpc) is 3.77. The van der Waals surface area contributed by atoms with Gasteiger partial charge in [-0.25, -0.2) is 14.4 Å². The molecule has 1 atom stereocenters. The lowest BCUT2D eigenvalue weighted by Gasteiger charge is -2.35. The van der Waals surface area contributed by atoms with Gasteiger partial charge in [-0.1, -0.05) is 18.2 Å². The van der Waals surface area contributed by atoms with Crippen LogP contribution < -0.4 is 25.6 Å². The molecule has 3 aliphatic heterocycles. The first kappa shape index (κ1) is 39.1. The minimum Gasteiger partial charge on any atom is -0.496 e. The van der Waals surface area contributed by atoms with Gasteiger partial charge in [0.2, 0.25) is 17.7 Å². The smallest absolute Gasteiger partial charge is 0.262 e. The van der Waals surface area contributed by atoms with E-state index < -0.39 is 35.5 Å². The van der Waals surface area contributed by atoms with Crippen molar-refractivity contribution in [2.75, 3.05) is 63.1 Å². The van der Waals surface area contributed by atoms with E-state index in [1.54, 1.807) is 36.5 Å². The maximum atomic E-state index is 14.8. The van der Waals surface area contributed by atoms with Gasteiger partial charge in [0.1, 0.15) is 34.3 Å². The molecule has 0 saturated carbocycles. The number of anilines is 2. The van der Waals surface area contributed by atoms with Gasteiger partial charge in [-0.05, 0) is 68.1 Å². The van der Waals surface area contributed by atoms with Crippen molar-refractivity contribution in [3.05, 3.63) is 83.8 Å². The van der Waals surface area contributed by atoms with E-state index >= 15 is 0 Å². The molecule has 0 spiro atoms. The number of fused-ring (bicyclic) bond motifs is 2. The minimum atomic E-state index is -0.996. The molecule has 8 rings (SSSR count). The number of rotatable bonds is 14. The van der Waals surface area contributed by atoms with E-state index in [0.717, 1.165) is 61.6 Å². The Balaban J connectivity index is 0.742. The third-order valence-corrected chi connectivity index (χ3v) is 10.9. The van der Waals surface area contributed by atoms with Crippen LogP contribution in [0.25, 0.3) is 33.7 Å². The van der Waals surface area contributed by atoms with Crippen LogP contribution in [0.5, 0.6) is 5.75 Å². The fraction of sp³-hybridized carbons (Fsp3) is 0.333. The second kappa shape index (κ2) is 17.0. The van der Waals surface area contributed by atoms with Gasteiger partial charge in [0.25, 0.3) is 11.8 Å². The van der Waals surface area contributed by atoms with Crippen molar-refractivity contribution in [1.82, 2.24) is 40.6 Å². The Labute approximate surface area is 338 Å². The number of piperidine rings is 1. The highest BCUT2D eigenvalue weighted by atomic mass is 19.1. The van der Waals surface area contributed by atoms with Gasteiger partial charge >= 0.3 is 0 Å². The van der Waals surface area contributed by atoms with Crippen molar-refractivity contribution in [2.45, 2.75) is 38.1 Å². The van der Waals surface area contributed by atoms with E-state index in [0.29, 0.717) is 47.8 Å². The molecule has 59 heavy (non-hydrogen) atoms. The van der Waals surface area contributed by atoms with Gasteiger partial charge in [-0.3, -0.25) is 44.2 Å². The van der Waals surface area contributed by atoms with Crippen LogP contribution in [0.1, 0.15) is 52.8 Å². The lowest BCUT2D eigenvalue weighted by molar-refractivity contribution is -0.136. The molecule has 0 bridgehead atoms. The minimum absolute atomic E-state index is 0.00345. The summed E-state index contributed by atoms with van der Waals surface area (Å²) in [7, 11) is 1.48. The van der Waals surface area contributed by atoms with E-state index in [-0.39, 0.29) is 41.3 Å². The number of nitrogens with one attached hydrogen (secondary N) is 4. The van der Waals surface area contributed by atoms with Gasteiger partial charge in [0, 0.05) is 62.6 Å². The zero-order valence-electron chi connectivity index (χ0n) is 32.4. The van der Waals surface area contributed by atoms with Crippen LogP contribution in [0.15, 0.2) is 66.9 Å². The fourth-order valence-corrected chi connectivity index (χ4v) is 7.75. The molecule has 2 fully saturated rings. The molecule has 5 amide bonds. The predicted molar refractivity (Wildman–Crippen MR) is 216 cm³/mol. The third-order valence-electron chi connectivity index (χ3n) is 10.9. The number of amides is 5. The zero-order valence-corrected chi connectivity index (χ0v) is 32.4. The fourth-order valence-electron chi connectivity index (χ4n) is 7.75. The summed E-state index contributed by atoms with van der Waals surface area (Å²) < 4.78 is 20.1. The number of aromatic amines is 1. The van der Waals surface area contributed by atoms with E-state index in [1.807, 2.05) is 24.3 Å². The normalized spacial score (nSPS) is 17.0. The second-order valence-corrected chi connectivity index (χ2v) is 14.7. The van der Waals surface area contributed by atoms with Crippen LogP contribution in [0, 0.1) is 5.82 Å². The van der Waals surface area contributed by atoms with Gasteiger partial charge in [-0.2, -0.15) is 5.10 Å². The largest absolute Gasteiger partial charge is 0.496 e. The van der Waals surface area contributed by atoms with Crippen molar-refractivity contribution >= 4 is 51.9 Å². The molecule has 17 heteroatoms. The number of methoxy groups -OCH3 is 1. The maximum Gasteiger partial charge on any atom is 0.262 e. The molecule has 5 heterocycles. The summed E-state index contributed by atoms with van der Waals surface area (Å²) in [5.74, 6) is -2.04. The SMILES string of the molecule is COc1cccc(F)c1-c1ncc2[nH]nc(-c3ccc(N4CCN(CC(=O)NCCCCCNc5ccc6c(c5)C(=O)N(C5CCC(=O)NC5=O)C6=O)CC4)cc3)c2n1. The van der Waals surface area contributed by atoms with Crippen molar-refractivity contribution in [3.8, 4) is 28.4 Å². The highest BCUT2D eigenvalue weighted by molar-refractivity contribution is 6.23. The van der Waals surface area contributed by atoms with Gasteiger partial charge in [0.05, 0.1) is 36.5 Å². The Morgan fingerprint density at radius 3 is 2.49 bits per heavy atom. The van der Waals surface area contributed by atoms with Crippen molar-refractivity contribution < 1.29 is 33.1 Å². The third kappa shape index (κ3) is 8.18. The number of ether oxygens (including phenoxy) is 1. The predicted octanol–water partition coefficient (Wildman–Crippen LogP) is 3.76. The molecule has 2 aromatic heterocycles. The number of halogens is 1. The molecule has 0 aliphatic carbocycles. The molecule has 16 nitrogen and oxygen atoms in total. The number of hydrogen-bond donors (Lipinski definition) is 4. The lowest BCUT2D eigenvalue weighted by atomic mass is 10.0. The number of imide groups is 2. The summed E-state index contributed by atoms with van der Waals surface area (Å²) in [6.45, 7) is 4.61. The number of carbonyl (C=O) groups is 5. The number of nitrogens with zero attached hydrogens (tertiary/aromatic N) is 6. The number of hydrogen-bond acceptors (Lipinski definition) is 12. The highest BCUT2D eigenvalue weighted by Crippen LogP contribution is 2.34. The number of piperazine rings is 1. The Morgan fingerprint density at radius 1 is 0.932 bits per heavy atom. The van der Waals surface area contributed by atoms with Crippen molar-refractivity contribution in [3.63, 3.8) is 0 Å². The first-order valence-electron chi connectivity index (χ1n) is 19.7. The van der Waals surface area contributed by atoms with Crippen molar-refractivity contribution in [2.24, 2.45) is 0 Å². The summed E-state index contributed by atoms with van der Waals surface area (Å²) in [4.78, 5) is 77.0. The van der Waals surface area contributed by atoms with Crippen LogP contribution in [-0.2, 0) is 14.4 Å². The number of carbonyl (C=O) groups excluding carboxylic acids is 5. The summed E-state index contributed by atoms with van der Waals surface area (Å²) in [5.41, 5.74) is 5.13. The number of benzene rings is 3. The molecule has 5 aromatic rings. The Hall–Kier alpha value is -6.75. The molecule has 3 aliphatic rings. The molecule has 4 N–H and O–H groups in total. The number of H-pyrrole nitrogens is 1. The maximum absolute atomic E-state index is 14.8.